The molecule has 1 unspecified atom stereocenters. The van der Waals surface area contributed by atoms with E-state index in [1.807, 2.05) is 4.90 Å². The van der Waals surface area contributed by atoms with Crippen LogP contribution in [0.2, 0.25) is 0 Å². The van der Waals surface area contributed by atoms with Gasteiger partial charge in [-0.1, -0.05) is 0 Å². The van der Waals surface area contributed by atoms with Gasteiger partial charge in [0.25, 0.3) is 0 Å². The molecule has 0 spiro atoms. The average molecular weight is 257 g/mol. The van der Waals surface area contributed by atoms with Gasteiger partial charge >= 0.3 is 5.97 Å². The maximum Gasteiger partial charge on any atom is 0.305 e. The maximum atomic E-state index is 11.8. The molecule has 2 fully saturated rings. The van der Waals surface area contributed by atoms with Gasteiger partial charge in [-0.25, -0.2) is 0 Å². The van der Waals surface area contributed by atoms with Crippen LogP contribution in [-0.2, 0) is 14.3 Å². The molecule has 2 rings (SSSR count). The number of likely N-dealkylation sites (N-methyl/N-ethyl adjacent to an activating group) is 1. The fourth-order valence-corrected chi connectivity index (χ4v) is 2.68. The first-order valence-corrected chi connectivity index (χ1v) is 6.08. The van der Waals surface area contributed by atoms with Gasteiger partial charge in [-0.05, 0) is 0 Å². The first-order chi connectivity index (χ1) is 8.59. The number of carbonyl (C=O) groups is 2. The summed E-state index contributed by atoms with van der Waals surface area (Å²) >= 11 is 0. The Kier molecular flexibility index (Phi) is 3.84. The van der Waals surface area contributed by atoms with Gasteiger partial charge in [-0.2, -0.15) is 0 Å². The minimum absolute atomic E-state index is 0.0491. The molecule has 0 aromatic heterocycles. The number of hydrogen-bond donors (Lipinski definition) is 3. The van der Waals surface area contributed by atoms with Crippen LogP contribution in [0.5, 0.6) is 0 Å². The summed E-state index contributed by atoms with van der Waals surface area (Å²) in [5.41, 5.74) is -0.452. The topological polar surface area (TPSA) is 90.9 Å². The Hall–Kier alpha value is -1.18. The summed E-state index contributed by atoms with van der Waals surface area (Å²) in [5.74, 6) is -0.954. The summed E-state index contributed by atoms with van der Waals surface area (Å²) in [4.78, 5) is 24.8. The fraction of sp³-hybridized carbons (Fsp3) is 0.818. The Labute approximate surface area is 105 Å². The summed E-state index contributed by atoms with van der Waals surface area (Å²) in [5, 5.41) is 14.8. The van der Waals surface area contributed by atoms with Crippen molar-refractivity contribution in [3.8, 4) is 0 Å². The quantitative estimate of drug-likeness (QED) is 0.553. The monoisotopic (exact) mass is 257 g/mol. The number of rotatable bonds is 4. The summed E-state index contributed by atoms with van der Waals surface area (Å²) in [6, 6.07) is -0.398. The highest BCUT2D eigenvalue weighted by Gasteiger charge is 2.49. The van der Waals surface area contributed by atoms with Crippen LogP contribution in [0.4, 0.5) is 0 Å². The first kappa shape index (κ1) is 13.3. The van der Waals surface area contributed by atoms with Gasteiger partial charge in [0.05, 0.1) is 25.2 Å². The average Bonchev–Trinajstić information content (AvgIpc) is 2.32. The molecule has 0 bridgehead atoms. The predicted molar refractivity (Wildman–Crippen MR) is 63.2 cm³/mol. The highest BCUT2D eigenvalue weighted by Crippen LogP contribution is 2.28. The van der Waals surface area contributed by atoms with E-state index in [1.165, 1.54) is 0 Å². The molecule has 2 saturated heterocycles. The molecule has 2 aliphatic heterocycles. The van der Waals surface area contributed by atoms with Crippen LogP contribution in [0.15, 0.2) is 0 Å². The van der Waals surface area contributed by atoms with E-state index >= 15 is 0 Å². The van der Waals surface area contributed by atoms with Crippen molar-refractivity contribution in [3.63, 3.8) is 0 Å². The lowest BCUT2D eigenvalue weighted by Gasteiger charge is -2.53. The second-order valence-corrected chi connectivity index (χ2v) is 4.80. The second-order valence-electron chi connectivity index (χ2n) is 4.80. The Morgan fingerprint density at radius 3 is 2.78 bits per heavy atom. The van der Waals surface area contributed by atoms with Crippen LogP contribution in [-0.4, -0.2) is 73.4 Å². The van der Waals surface area contributed by atoms with Crippen LogP contribution >= 0.6 is 0 Å². The fourth-order valence-electron chi connectivity index (χ4n) is 2.68. The van der Waals surface area contributed by atoms with E-state index in [1.54, 1.807) is 7.05 Å². The number of carboxylic acid groups (broad SMARTS) is 1. The largest absolute Gasteiger partial charge is 0.481 e. The maximum absolute atomic E-state index is 11.8. The van der Waals surface area contributed by atoms with Gasteiger partial charge in [0.15, 0.2) is 0 Å². The molecule has 2 aliphatic rings. The lowest BCUT2D eigenvalue weighted by Crippen LogP contribution is -2.74. The molecular weight excluding hydrogens is 238 g/mol. The van der Waals surface area contributed by atoms with Crippen molar-refractivity contribution in [1.29, 1.82) is 0 Å². The third kappa shape index (κ3) is 2.33. The minimum atomic E-state index is -0.835. The number of morpholine rings is 1. The lowest BCUT2D eigenvalue weighted by molar-refractivity contribution is -0.153. The highest BCUT2D eigenvalue weighted by atomic mass is 16.5. The molecule has 7 heteroatoms. The molecule has 7 nitrogen and oxygen atoms in total. The van der Waals surface area contributed by atoms with E-state index in [9.17, 15) is 9.59 Å². The summed E-state index contributed by atoms with van der Waals surface area (Å²) in [6.07, 6.45) is 0.0491. The SMILES string of the molecule is CNC(=O)C1COCCN1C1(CC(=O)O)CNC1. The zero-order valence-corrected chi connectivity index (χ0v) is 10.4. The summed E-state index contributed by atoms with van der Waals surface area (Å²) in [7, 11) is 1.58. The molecule has 2 heterocycles. The van der Waals surface area contributed by atoms with E-state index in [0.717, 1.165) is 0 Å². The number of aliphatic carboxylic acids is 1. The molecule has 18 heavy (non-hydrogen) atoms. The van der Waals surface area contributed by atoms with Crippen molar-refractivity contribution < 1.29 is 19.4 Å². The first-order valence-electron chi connectivity index (χ1n) is 6.08. The smallest absolute Gasteiger partial charge is 0.305 e. The number of ether oxygens (including phenoxy) is 1. The van der Waals surface area contributed by atoms with Crippen LogP contribution < -0.4 is 10.6 Å². The number of nitrogens with zero attached hydrogens (tertiary/aromatic N) is 1. The van der Waals surface area contributed by atoms with Crippen LogP contribution in [0.1, 0.15) is 6.42 Å². The van der Waals surface area contributed by atoms with Gasteiger partial charge in [0, 0.05) is 26.7 Å². The summed E-state index contributed by atoms with van der Waals surface area (Å²) < 4.78 is 5.33. The molecule has 1 amide bonds. The van der Waals surface area contributed by atoms with Gasteiger partial charge < -0.3 is 20.5 Å². The van der Waals surface area contributed by atoms with E-state index in [2.05, 4.69) is 10.6 Å². The van der Waals surface area contributed by atoms with Crippen LogP contribution in [0.25, 0.3) is 0 Å². The Bertz CT molecular complexity index is 343. The number of amides is 1. The van der Waals surface area contributed by atoms with Crippen molar-refractivity contribution >= 4 is 11.9 Å². The van der Waals surface area contributed by atoms with E-state index < -0.39 is 17.6 Å². The lowest BCUT2D eigenvalue weighted by atomic mass is 9.84. The second kappa shape index (κ2) is 5.21. The Balaban J connectivity index is 2.16. The van der Waals surface area contributed by atoms with Gasteiger partial charge in [0.2, 0.25) is 5.91 Å². The highest BCUT2D eigenvalue weighted by molar-refractivity contribution is 5.82. The van der Waals surface area contributed by atoms with Crippen LogP contribution in [0.3, 0.4) is 0 Å². The molecule has 0 radical (unpaired) electrons. The van der Waals surface area contributed by atoms with Crippen LogP contribution in [0, 0.1) is 0 Å². The molecule has 0 aromatic rings. The van der Waals surface area contributed by atoms with Crippen molar-refractivity contribution in [3.05, 3.63) is 0 Å². The molecule has 102 valence electrons. The van der Waals surface area contributed by atoms with E-state index in [0.29, 0.717) is 32.8 Å². The number of carboxylic acids is 1. The number of nitrogens with one attached hydrogen (secondary N) is 2. The van der Waals surface area contributed by atoms with Crippen molar-refractivity contribution in [2.45, 2.75) is 18.0 Å². The van der Waals surface area contributed by atoms with Crippen molar-refractivity contribution in [2.75, 3.05) is 39.9 Å². The van der Waals surface area contributed by atoms with Gasteiger partial charge in [-0.3, -0.25) is 14.5 Å². The molecule has 0 aromatic carbocycles. The van der Waals surface area contributed by atoms with E-state index in [-0.39, 0.29) is 12.3 Å². The Morgan fingerprint density at radius 2 is 2.28 bits per heavy atom. The molecular formula is C11H19N3O4. The predicted octanol–water partition coefficient (Wildman–Crippen LogP) is -1.75. The number of carbonyl (C=O) groups excluding carboxylic acids is 1. The molecule has 0 saturated carbocycles. The van der Waals surface area contributed by atoms with Gasteiger partial charge in [0.1, 0.15) is 6.04 Å². The Morgan fingerprint density at radius 1 is 1.56 bits per heavy atom. The number of hydrogen-bond acceptors (Lipinski definition) is 5. The third-order valence-corrected chi connectivity index (χ3v) is 3.68. The van der Waals surface area contributed by atoms with Crippen molar-refractivity contribution in [2.24, 2.45) is 0 Å². The third-order valence-electron chi connectivity index (χ3n) is 3.68. The van der Waals surface area contributed by atoms with Gasteiger partial charge in [-0.15, -0.1) is 0 Å². The minimum Gasteiger partial charge on any atom is -0.481 e. The standard InChI is InChI=1S/C11H19N3O4/c1-12-10(17)8-5-18-3-2-14(8)11(4-9(15)16)6-13-7-11/h8,13H,2-7H2,1H3,(H,12,17)(H,15,16). The molecule has 1 atom stereocenters. The molecule has 0 aliphatic carbocycles. The normalized spacial score (nSPS) is 27.3. The van der Waals surface area contributed by atoms with Crippen molar-refractivity contribution in [1.82, 2.24) is 15.5 Å². The van der Waals surface area contributed by atoms with E-state index in [4.69, 9.17) is 9.84 Å². The zero-order valence-electron chi connectivity index (χ0n) is 10.4. The summed E-state index contributed by atoms with van der Waals surface area (Å²) in [6.45, 7) is 2.66. The molecule has 3 N–H and O–H groups in total. The zero-order chi connectivity index (χ0) is 13.2.